The van der Waals surface area contributed by atoms with E-state index in [1.54, 1.807) is 0 Å². The summed E-state index contributed by atoms with van der Waals surface area (Å²) in [4.78, 5) is 22.1. The first kappa shape index (κ1) is 18.2. The smallest absolute Gasteiger partial charge is 0.303 e. The van der Waals surface area contributed by atoms with E-state index < -0.39 is 5.97 Å². The van der Waals surface area contributed by atoms with Crippen molar-refractivity contribution in [2.24, 2.45) is 0 Å². The quantitative estimate of drug-likeness (QED) is 0.848. The molecule has 0 bridgehead atoms. The minimum Gasteiger partial charge on any atom is -0.481 e. The number of amides is 1. The molecule has 122 valence electrons. The first-order valence-electron chi connectivity index (χ1n) is 7.62. The van der Waals surface area contributed by atoms with E-state index >= 15 is 0 Å². The lowest BCUT2D eigenvalue weighted by atomic mass is 9.81. The van der Waals surface area contributed by atoms with Crippen LogP contribution in [0.4, 0.5) is 0 Å². The van der Waals surface area contributed by atoms with Crippen LogP contribution in [0.25, 0.3) is 0 Å². The number of nitrogens with one attached hydrogen (secondary N) is 1. The zero-order chi connectivity index (χ0) is 17.0. The maximum atomic E-state index is 11.6. The highest BCUT2D eigenvalue weighted by molar-refractivity contribution is 5.80. The molecular weight excluding hydrogens is 278 g/mol. The summed E-state index contributed by atoms with van der Waals surface area (Å²) in [6.07, 6.45) is -0.110. The van der Waals surface area contributed by atoms with Gasteiger partial charge in [-0.2, -0.15) is 0 Å². The minimum absolute atomic E-state index is 0.0222. The average molecular weight is 305 g/mol. The van der Waals surface area contributed by atoms with Gasteiger partial charge in [0.25, 0.3) is 0 Å². The van der Waals surface area contributed by atoms with Crippen LogP contribution in [0.1, 0.15) is 58.6 Å². The predicted octanol–water partition coefficient (Wildman–Crippen LogP) is 3.24. The highest BCUT2D eigenvalue weighted by atomic mass is 16.4. The molecule has 22 heavy (non-hydrogen) atoms. The van der Waals surface area contributed by atoms with Gasteiger partial charge in [-0.3, -0.25) is 9.59 Å². The molecule has 1 aromatic carbocycles. The van der Waals surface area contributed by atoms with Crippen LogP contribution in [0.5, 0.6) is 0 Å². The van der Waals surface area contributed by atoms with Gasteiger partial charge in [0.05, 0.1) is 6.42 Å². The van der Waals surface area contributed by atoms with Gasteiger partial charge < -0.3 is 10.4 Å². The van der Waals surface area contributed by atoms with Gasteiger partial charge in [0.1, 0.15) is 0 Å². The Bertz CT molecular complexity index is 524. The molecule has 0 atom stereocenters. The van der Waals surface area contributed by atoms with Crippen LogP contribution in [0.2, 0.25) is 0 Å². The van der Waals surface area contributed by atoms with Gasteiger partial charge in [0, 0.05) is 18.4 Å². The Balaban J connectivity index is 2.66. The number of carboxylic acids is 1. The lowest BCUT2D eigenvalue weighted by Crippen LogP contribution is -2.36. The molecule has 1 amide bonds. The van der Waals surface area contributed by atoms with E-state index in [1.807, 2.05) is 0 Å². The zero-order valence-electron chi connectivity index (χ0n) is 14.2. The fourth-order valence-corrected chi connectivity index (χ4v) is 2.15. The highest BCUT2D eigenvalue weighted by Crippen LogP contribution is 2.27. The third kappa shape index (κ3) is 5.51. The van der Waals surface area contributed by atoms with E-state index in [0.29, 0.717) is 6.54 Å². The highest BCUT2D eigenvalue weighted by Gasteiger charge is 2.22. The van der Waals surface area contributed by atoms with Crippen molar-refractivity contribution >= 4 is 11.9 Å². The van der Waals surface area contributed by atoms with Gasteiger partial charge >= 0.3 is 5.97 Å². The number of aliphatic carboxylic acids is 1. The van der Waals surface area contributed by atoms with Crippen LogP contribution in [-0.4, -0.2) is 23.5 Å². The molecule has 0 aromatic heterocycles. The normalized spacial score (nSPS) is 12.0. The van der Waals surface area contributed by atoms with Crippen LogP contribution < -0.4 is 5.32 Å². The summed E-state index contributed by atoms with van der Waals surface area (Å²) in [5.41, 5.74) is 2.35. The summed E-state index contributed by atoms with van der Waals surface area (Å²) in [6.45, 7) is 11.1. The standard InChI is InChI=1S/C18H27NO3/c1-17(2,3)13-6-8-14(9-7-13)18(4,5)12-19-15(20)10-11-16(21)22/h6-9H,10-12H2,1-5H3,(H,19,20)(H,21,22). The van der Waals surface area contributed by atoms with Crippen LogP contribution in [-0.2, 0) is 20.4 Å². The Morgan fingerprint density at radius 3 is 1.91 bits per heavy atom. The maximum Gasteiger partial charge on any atom is 0.303 e. The number of hydrogen-bond donors (Lipinski definition) is 2. The van der Waals surface area contributed by atoms with Gasteiger partial charge in [0.2, 0.25) is 5.91 Å². The van der Waals surface area contributed by atoms with Crippen LogP contribution >= 0.6 is 0 Å². The largest absolute Gasteiger partial charge is 0.481 e. The summed E-state index contributed by atoms with van der Waals surface area (Å²) in [6, 6.07) is 8.46. The molecular formula is C18H27NO3. The third-order valence-corrected chi connectivity index (χ3v) is 3.83. The van der Waals surface area contributed by atoms with Gasteiger partial charge in [-0.05, 0) is 16.5 Å². The minimum atomic E-state index is -0.952. The number of rotatable bonds is 6. The second kappa shape index (κ2) is 6.95. The Hall–Kier alpha value is -1.84. The van der Waals surface area contributed by atoms with Crippen molar-refractivity contribution in [3.8, 4) is 0 Å². The zero-order valence-corrected chi connectivity index (χ0v) is 14.2. The molecule has 1 aromatic rings. The fourth-order valence-electron chi connectivity index (χ4n) is 2.15. The van der Waals surface area contributed by atoms with Crippen LogP contribution in [0.15, 0.2) is 24.3 Å². The molecule has 0 aliphatic heterocycles. The van der Waals surface area contributed by atoms with Crippen molar-refractivity contribution in [1.82, 2.24) is 5.32 Å². The predicted molar refractivity (Wildman–Crippen MR) is 88.0 cm³/mol. The molecule has 0 saturated carbocycles. The lowest BCUT2D eigenvalue weighted by Gasteiger charge is -2.27. The summed E-state index contributed by atoms with van der Waals surface area (Å²) < 4.78 is 0. The Morgan fingerprint density at radius 2 is 1.45 bits per heavy atom. The summed E-state index contributed by atoms with van der Waals surface area (Å²) in [5.74, 6) is -1.17. The number of carbonyl (C=O) groups excluding carboxylic acids is 1. The van der Waals surface area contributed by atoms with Crippen molar-refractivity contribution in [3.05, 3.63) is 35.4 Å². The van der Waals surface area contributed by atoms with Gasteiger partial charge in [-0.15, -0.1) is 0 Å². The van der Waals surface area contributed by atoms with E-state index in [2.05, 4.69) is 64.2 Å². The third-order valence-electron chi connectivity index (χ3n) is 3.83. The SMILES string of the molecule is CC(C)(C)c1ccc(C(C)(C)CNC(=O)CCC(=O)O)cc1. The Kier molecular flexibility index (Phi) is 5.75. The second-order valence-electron chi connectivity index (χ2n) is 7.38. The Morgan fingerprint density at radius 1 is 0.955 bits per heavy atom. The van der Waals surface area contributed by atoms with E-state index in [9.17, 15) is 9.59 Å². The molecule has 1 rings (SSSR count). The second-order valence-corrected chi connectivity index (χ2v) is 7.38. The van der Waals surface area contributed by atoms with E-state index in [4.69, 9.17) is 5.11 Å². The van der Waals surface area contributed by atoms with E-state index in [1.165, 1.54) is 5.56 Å². The lowest BCUT2D eigenvalue weighted by molar-refractivity contribution is -0.138. The number of benzene rings is 1. The molecule has 0 radical (unpaired) electrons. The summed E-state index contributed by atoms with van der Waals surface area (Å²) >= 11 is 0. The number of hydrogen-bond acceptors (Lipinski definition) is 2. The molecule has 0 aliphatic rings. The first-order valence-corrected chi connectivity index (χ1v) is 7.62. The molecule has 2 N–H and O–H groups in total. The topological polar surface area (TPSA) is 66.4 Å². The molecule has 0 saturated heterocycles. The van der Waals surface area contributed by atoms with Crippen molar-refractivity contribution in [2.75, 3.05) is 6.54 Å². The monoisotopic (exact) mass is 305 g/mol. The Labute approximate surface area is 132 Å². The number of carbonyl (C=O) groups is 2. The molecule has 0 aliphatic carbocycles. The van der Waals surface area contributed by atoms with Crippen molar-refractivity contribution in [3.63, 3.8) is 0 Å². The van der Waals surface area contributed by atoms with Crippen molar-refractivity contribution in [2.45, 2.75) is 58.3 Å². The van der Waals surface area contributed by atoms with Crippen molar-refractivity contribution in [1.29, 1.82) is 0 Å². The molecule has 0 spiro atoms. The molecule has 0 unspecified atom stereocenters. The first-order chi connectivity index (χ1) is 10.0. The van der Waals surface area contributed by atoms with Crippen LogP contribution in [0.3, 0.4) is 0 Å². The van der Waals surface area contributed by atoms with Gasteiger partial charge in [-0.25, -0.2) is 0 Å². The number of carboxylic acid groups (broad SMARTS) is 1. The van der Waals surface area contributed by atoms with Crippen LogP contribution in [0, 0.1) is 0 Å². The average Bonchev–Trinajstić information content (AvgIpc) is 2.42. The summed E-state index contributed by atoms with van der Waals surface area (Å²) in [5, 5.41) is 11.4. The fraction of sp³-hybridized carbons (Fsp3) is 0.556. The molecule has 4 nitrogen and oxygen atoms in total. The van der Waals surface area contributed by atoms with Gasteiger partial charge in [0.15, 0.2) is 0 Å². The molecule has 0 heterocycles. The van der Waals surface area contributed by atoms with Gasteiger partial charge in [-0.1, -0.05) is 58.9 Å². The van der Waals surface area contributed by atoms with E-state index in [0.717, 1.165) is 5.56 Å². The maximum absolute atomic E-state index is 11.6. The van der Waals surface area contributed by atoms with Crippen molar-refractivity contribution < 1.29 is 14.7 Å². The molecule has 4 heteroatoms. The summed E-state index contributed by atoms with van der Waals surface area (Å²) in [7, 11) is 0. The van der Waals surface area contributed by atoms with E-state index in [-0.39, 0.29) is 29.6 Å². The molecule has 0 fully saturated rings.